The first kappa shape index (κ1) is 13.1. The summed E-state index contributed by atoms with van der Waals surface area (Å²) in [7, 11) is 0. The van der Waals surface area contributed by atoms with Crippen LogP contribution in [0, 0.1) is 0 Å². The van der Waals surface area contributed by atoms with Crippen LogP contribution in [0.5, 0.6) is 5.75 Å². The fraction of sp³-hybridized carbons (Fsp3) is 0.273. The molecule has 18 heavy (non-hydrogen) atoms. The minimum absolute atomic E-state index is 0.380. The second-order valence-corrected chi connectivity index (χ2v) is 4.50. The zero-order chi connectivity index (χ0) is 13.0. The molecule has 0 spiro atoms. The molecule has 2 rings (SSSR count). The van der Waals surface area contributed by atoms with Gasteiger partial charge in [0.05, 0.1) is 12.2 Å². The first-order valence-electron chi connectivity index (χ1n) is 5.35. The van der Waals surface area contributed by atoms with Crippen LogP contribution in [-0.2, 0) is 13.1 Å². The predicted molar refractivity (Wildman–Crippen MR) is 69.9 cm³/mol. The molecular formula is C11H12Cl2N4O. The molecule has 0 fully saturated rings. The van der Waals surface area contributed by atoms with Crippen molar-refractivity contribution < 1.29 is 4.74 Å². The lowest BCUT2D eigenvalue weighted by Gasteiger charge is -2.06. The molecule has 0 bridgehead atoms. The van der Waals surface area contributed by atoms with Crippen molar-refractivity contribution in [3.05, 3.63) is 40.1 Å². The van der Waals surface area contributed by atoms with Gasteiger partial charge in [0.2, 0.25) is 0 Å². The Labute approximate surface area is 114 Å². The molecule has 0 aliphatic heterocycles. The topological polar surface area (TPSA) is 66.0 Å². The number of rotatable bonds is 5. The smallest absolute Gasteiger partial charge is 0.122 e. The minimum Gasteiger partial charge on any atom is -0.492 e. The molecule has 1 aromatic heterocycles. The SMILES string of the molecule is NCc1cn(CCOc2cc(Cl)cc(Cl)c2)nn1. The molecule has 0 aliphatic carbocycles. The van der Waals surface area contributed by atoms with Crippen molar-refractivity contribution in [1.29, 1.82) is 0 Å². The first-order valence-corrected chi connectivity index (χ1v) is 6.11. The predicted octanol–water partition coefficient (Wildman–Crippen LogP) is 2.12. The number of nitrogens with zero attached hydrogens (tertiary/aromatic N) is 3. The summed E-state index contributed by atoms with van der Waals surface area (Å²) in [6.45, 7) is 1.41. The maximum Gasteiger partial charge on any atom is 0.122 e. The van der Waals surface area contributed by atoms with Gasteiger partial charge in [-0.2, -0.15) is 0 Å². The first-order chi connectivity index (χ1) is 8.67. The van der Waals surface area contributed by atoms with Gasteiger partial charge in [0.15, 0.2) is 0 Å². The van der Waals surface area contributed by atoms with E-state index in [0.717, 1.165) is 5.69 Å². The lowest BCUT2D eigenvalue weighted by atomic mass is 10.3. The highest BCUT2D eigenvalue weighted by Crippen LogP contribution is 2.24. The van der Waals surface area contributed by atoms with Gasteiger partial charge in [-0.1, -0.05) is 28.4 Å². The number of hydrogen-bond acceptors (Lipinski definition) is 4. The lowest BCUT2D eigenvalue weighted by Crippen LogP contribution is -2.08. The highest BCUT2D eigenvalue weighted by molar-refractivity contribution is 6.34. The van der Waals surface area contributed by atoms with Gasteiger partial charge in [0.1, 0.15) is 12.4 Å². The summed E-state index contributed by atoms with van der Waals surface area (Å²) < 4.78 is 7.20. The lowest BCUT2D eigenvalue weighted by molar-refractivity contribution is 0.290. The second-order valence-electron chi connectivity index (χ2n) is 3.63. The van der Waals surface area contributed by atoms with E-state index in [0.29, 0.717) is 35.5 Å². The van der Waals surface area contributed by atoms with E-state index in [1.165, 1.54) is 0 Å². The van der Waals surface area contributed by atoms with E-state index in [9.17, 15) is 0 Å². The molecule has 0 aliphatic rings. The van der Waals surface area contributed by atoms with Crippen molar-refractivity contribution in [3.8, 4) is 5.75 Å². The maximum absolute atomic E-state index is 5.86. The number of nitrogens with two attached hydrogens (primary N) is 1. The van der Waals surface area contributed by atoms with Crippen molar-refractivity contribution in [1.82, 2.24) is 15.0 Å². The minimum atomic E-state index is 0.380. The largest absolute Gasteiger partial charge is 0.492 e. The standard InChI is InChI=1S/C11H12Cl2N4O/c12-8-3-9(13)5-11(4-8)18-2-1-17-7-10(6-14)15-16-17/h3-5,7H,1-2,6,14H2. The third-order valence-corrected chi connectivity index (χ3v) is 2.66. The molecule has 0 radical (unpaired) electrons. The Morgan fingerprint density at radius 1 is 1.22 bits per heavy atom. The van der Waals surface area contributed by atoms with Crippen LogP contribution >= 0.6 is 23.2 Å². The number of hydrogen-bond donors (Lipinski definition) is 1. The van der Waals surface area contributed by atoms with E-state index in [2.05, 4.69) is 10.3 Å². The van der Waals surface area contributed by atoms with Crippen molar-refractivity contribution in [2.45, 2.75) is 13.1 Å². The van der Waals surface area contributed by atoms with E-state index < -0.39 is 0 Å². The van der Waals surface area contributed by atoms with Gasteiger partial charge in [-0.05, 0) is 18.2 Å². The van der Waals surface area contributed by atoms with Crippen LogP contribution in [0.2, 0.25) is 10.0 Å². The summed E-state index contributed by atoms with van der Waals surface area (Å²) in [6.07, 6.45) is 1.79. The molecule has 7 heteroatoms. The molecule has 2 N–H and O–H groups in total. The number of halogens is 2. The third-order valence-electron chi connectivity index (χ3n) is 2.22. The van der Waals surface area contributed by atoms with E-state index >= 15 is 0 Å². The Bertz CT molecular complexity index is 509. The molecule has 1 aromatic carbocycles. The molecule has 1 heterocycles. The Balaban J connectivity index is 1.88. The zero-order valence-electron chi connectivity index (χ0n) is 9.51. The fourth-order valence-electron chi connectivity index (χ4n) is 1.41. The molecule has 0 unspecified atom stereocenters. The maximum atomic E-state index is 5.86. The number of aromatic nitrogens is 3. The summed E-state index contributed by atoms with van der Waals surface area (Å²) in [5, 5.41) is 8.88. The van der Waals surface area contributed by atoms with Crippen LogP contribution in [0.15, 0.2) is 24.4 Å². The summed E-state index contributed by atoms with van der Waals surface area (Å²) >= 11 is 11.7. The molecule has 5 nitrogen and oxygen atoms in total. The average molecular weight is 287 g/mol. The normalized spacial score (nSPS) is 10.6. The Hall–Kier alpha value is -1.30. The summed E-state index contributed by atoms with van der Waals surface area (Å²) in [5.41, 5.74) is 6.19. The Morgan fingerprint density at radius 2 is 1.94 bits per heavy atom. The van der Waals surface area contributed by atoms with E-state index in [1.807, 2.05) is 0 Å². The molecule has 96 valence electrons. The van der Waals surface area contributed by atoms with Gasteiger partial charge in [0, 0.05) is 22.8 Å². The molecule has 0 saturated carbocycles. The van der Waals surface area contributed by atoms with Gasteiger partial charge in [-0.25, -0.2) is 4.68 Å². The highest BCUT2D eigenvalue weighted by Gasteiger charge is 2.01. The van der Waals surface area contributed by atoms with Crippen LogP contribution in [-0.4, -0.2) is 21.6 Å². The van der Waals surface area contributed by atoms with Gasteiger partial charge in [0.25, 0.3) is 0 Å². The molecular weight excluding hydrogens is 275 g/mol. The third kappa shape index (κ3) is 3.60. The van der Waals surface area contributed by atoms with Crippen LogP contribution < -0.4 is 10.5 Å². The van der Waals surface area contributed by atoms with E-state index in [-0.39, 0.29) is 0 Å². The van der Waals surface area contributed by atoms with Crippen molar-refractivity contribution >= 4 is 23.2 Å². The van der Waals surface area contributed by atoms with Crippen LogP contribution in [0.25, 0.3) is 0 Å². The number of benzene rings is 1. The molecule has 0 amide bonds. The summed E-state index contributed by atoms with van der Waals surface area (Å²) in [5.74, 6) is 0.631. The van der Waals surface area contributed by atoms with Gasteiger partial charge in [-0.3, -0.25) is 0 Å². The Kier molecular flexibility index (Phi) is 4.41. The molecule has 0 atom stereocenters. The van der Waals surface area contributed by atoms with Gasteiger partial charge in [-0.15, -0.1) is 5.10 Å². The highest BCUT2D eigenvalue weighted by atomic mass is 35.5. The Morgan fingerprint density at radius 3 is 2.56 bits per heavy atom. The zero-order valence-corrected chi connectivity index (χ0v) is 11.0. The van der Waals surface area contributed by atoms with Crippen LogP contribution in [0.3, 0.4) is 0 Å². The van der Waals surface area contributed by atoms with Gasteiger partial charge < -0.3 is 10.5 Å². The molecule has 2 aromatic rings. The molecule has 0 saturated heterocycles. The van der Waals surface area contributed by atoms with Crippen molar-refractivity contribution in [2.75, 3.05) is 6.61 Å². The quantitative estimate of drug-likeness (QED) is 0.914. The second kappa shape index (κ2) is 6.04. The van der Waals surface area contributed by atoms with E-state index in [1.54, 1.807) is 29.1 Å². The average Bonchev–Trinajstić information content (AvgIpc) is 2.76. The number of ether oxygens (including phenoxy) is 1. The van der Waals surface area contributed by atoms with Gasteiger partial charge >= 0.3 is 0 Å². The van der Waals surface area contributed by atoms with Crippen LogP contribution in [0.4, 0.5) is 0 Å². The van der Waals surface area contributed by atoms with Crippen molar-refractivity contribution in [3.63, 3.8) is 0 Å². The fourth-order valence-corrected chi connectivity index (χ4v) is 1.92. The monoisotopic (exact) mass is 286 g/mol. The van der Waals surface area contributed by atoms with Crippen molar-refractivity contribution in [2.24, 2.45) is 5.73 Å². The van der Waals surface area contributed by atoms with E-state index in [4.69, 9.17) is 33.7 Å². The summed E-state index contributed by atoms with van der Waals surface area (Å²) in [4.78, 5) is 0. The van der Waals surface area contributed by atoms with Crippen LogP contribution in [0.1, 0.15) is 5.69 Å². The summed E-state index contributed by atoms with van der Waals surface area (Å²) in [6, 6.07) is 5.07.